The standard InChI is InChI=1S/C13H18O.2Li/c1-2-3-7-13(11-14)10-12-8-5-4-6-9-12;;/h4-6,8-10,13H,2-3,7,11H2,1H3;;/q-2;2*+1/t13-;;/m0../s1. The summed E-state index contributed by atoms with van der Waals surface area (Å²) < 4.78 is 0. The molecule has 0 amide bonds. The Morgan fingerprint density at radius 3 is 2.31 bits per heavy atom. The topological polar surface area (TPSA) is 23.1 Å². The maximum atomic E-state index is 10.9. The first kappa shape index (κ1) is 18.6. The van der Waals surface area contributed by atoms with Crippen LogP contribution in [0.5, 0.6) is 0 Å². The largest absolute Gasteiger partial charge is 1.00 e. The third-order valence-electron chi connectivity index (χ3n) is 2.37. The molecule has 1 aromatic rings. The van der Waals surface area contributed by atoms with Crippen LogP contribution in [-0.2, 0) is 0 Å². The van der Waals surface area contributed by atoms with Crippen LogP contribution in [0.3, 0.4) is 0 Å². The maximum Gasteiger partial charge on any atom is 1.00 e. The van der Waals surface area contributed by atoms with Crippen LogP contribution in [0.15, 0.2) is 30.3 Å². The summed E-state index contributed by atoms with van der Waals surface area (Å²) in [6.07, 6.45) is 5.44. The Bertz CT molecular complexity index is 239. The summed E-state index contributed by atoms with van der Waals surface area (Å²) in [7, 11) is 0. The summed E-state index contributed by atoms with van der Waals surface area (Å²) in [6.45, 7) is 2.17. The van der Waals surface area contributed by atoms with Crippen molar-refractivity contribution in [1.29, 1.82) is 0 Å². The van der Waals surface area contributed by atoms with E-state index in [-0.39, 0.29) is 50.2 Å². The molecule has 0 bridgehead atoms. The van der Waals surface area contributed by atoms with Crippen molar-refractivity contribution in [1.82, 2.24) is 0 Å². The molecule has 0 aliphatic carbocycles. The fourth-order valence-corrected chi connectivity index (χ4v) is 1.52. The Hall–Kier alpha value is 0.245. The minimum Gasteiger partial charge on any atom is -0.855 e. The van der Waals surface area contributed by atoms with Gasteiger partial charge in [0, 0.05) is 0 Å². The molecule has 78 valence electrons. The van der Waals surface area contributed by atoms with Crippen LogP contribution in [-0.4, -0.2) is 6.61 Å². The number of benzene rings is 1. The monoisotopic (exact) mass is 204 g/mol. The van der Waals surface area contributed by atoms with Crippen molar-refractivity contribution in [2.75, 3.05) is 6.61 Å². The van der Waals surface area contributed by atoms with Gasteiger partial charge >= 0.3 is 37.7 Å². The van der Waals surface area contributed by atoms with Crippen molar-refractivity contribution in [3.8, 4) is 0 Å². The second-order valence-electron chi connectivity index (χ2n) is 3.65. The van der Waals surface area contributed by atoms with Gasteiger partial charge in [-0.2, -0.15) is 24.1 Å². The minimum atomic E-state index is 0. The van der Waals surface area contributed by atoms with Crippen molar-refractivity contribution >= 4 is 0 Å². The van der Waals surface area contributed by atoms with E-state index in [1.54, 1.807) is 0 Å². The van der Waals surface area contributed by atoms with E-state index in [4.69, 9.17) is 0 Å². The first-order valence-corrected chi connectivity index (χ1v) is 5.34. The van der Waals surface area contributed by atoms with E-state index in [0.717, 1.165) is 12.8 Å². The van der Waals surface area contributed by atoms with E-state index in [2.05, 4.69) is 25.5 Å². The van der Waals surface area contributed by atoms with Gasteiger partial charge in [0.1, 0.15) is 0 Å². The summed E-state index contributed by atoms with van der Waals surface area (Å²) in [5.74, 6) is 0.206. The van der Waals surface area contributed by atoms with Crippen LogP contribution in [0.4, 0.5) is 0 Å². The number of hydrogen-bond donors (Lipinski definition) is 0. The molecule has 1 rings (SSSR count). The average molecular weight is 204 g/mol. The SMILES string of the molecule is CCCC[C@@H]([CH-]c1ccccc1)C[O-].[Li+].[Li+]. The van der Waals surface area contributed by atoms with Crippen LogP contribution in [0.1, 0.15) is 31.7 Å². The first-order chi connectivity index (χ1) is 6.86. The second-order valence-corrected chi connectivity index (χ2v) is 3.65. The van der Waals surface area contributed by atoms with Gasteiger partial charge in [0.25, 0.3) is 0 Å². The quantitative estimate of drug-likeness (QED) is 0.347. The van der Waals surface area contributed by atoms with Crippen molar-refractivity contribution < 1.29 is 42.8 Å². The van der Waals surface area contributed by atoms with E-state index in [1.807, 2.05) is 18.2 Å². The fraction of sp³-hybridized carbons (Fsp3) is 0.462. The molecule has 0 heterocycles. The van der Waals surface area contributed by atoms with Gasteiger partial charge in [-0.15, -0.1) is 18.7 Å². The van der Waals surface area contributed by atoms with Crippen molar-refractivity contribution in [3.63, 3.8) is 0 Å². The van der Waals surface area contributed by atoms with E-state index >= 15 is 0 Å². The third kappa shape index (κ3) is 7.51. The van der Waals surface area contributed by atoms with Crippen LogP contribution >= 0.6 is 0 Å². The molecule has 0 aliphatic rings. The Kier molecular flexibility index (Phi) is 13.6. The van der Waals surface area contributed by atoms with Gasteiger partial charge in [0.15, 0.2) is 0 Å². The van der Waals surface area contributed by atoms with Gasteiger partial charge in [-0.1, -0.05) is 38.2 Å². The molecular weight excluding hydrogens is 186 g/mol. The Balaban J connectivity index is 0. The van der Waals surface area contributed by atoms with Crippen molar-refractivity contribution in [2.24, 2.45) is 5.92 Å². The molecule has 3 heteroatoms. The summed E-state index contributed by atoms with van der Waals surface area (Å²) in [4.78, 5) is 0. The smallest absolute Gasteiger partial charge is 0.855 e. The first-order valence-electron chi connectivity index (χ1n) is 5.34. The Morgan fingerprint density at radius 1 is 1.19 bits per heavy atom. The van der Waals surface area contributed by atoms with Gasteiger partial charge in [-0.05, 0) is 0 Å². The van der Waals surface area contributed by atoms with E-state index in [0.29, 0.717) is 0 Å². The van der Waals surface area contributed by atoms with Crippen molar-refractivity contribution in [2.45, 2.75) is 26.2 Å². The predicted molar refractivity (Wildman–Crippen MR) is 57.7 cm³/mol. The summed E-state index contributed by atoms with van der Waals surface area (Å²) in [6, 6.07) is 10.1. The number of hydrogen-bond acceptors (Lipinski definition) is 1. The molecule has 0 saturated carbocycles. The molecule has 0 fully saturated rings. The Labute approximate surface area is 123 Å². The summed E-state index contributed by atoms with van der Waals surface area (Å²) in [5, 5.41) is 10.9. The maximum absolute atomic E-state index is 10.9. The second kappa shape index (κ2) is 11.7. The van der Waals surface area contributed by atoms with E-state index in [9.17, 15) is 5.11 Å². The summed E-state index contributed by atoms with van der Waals surface area (Å²) in [5.41, 5.74) is 1.17. The van der Waals surface area contributed by atoms with Crippen molar-refractivity contribution in [3.05, 3.63) is 42.3 Å². The van der Waals surface area contributed by atoms with Gasteiger partial charge < -0.3 is 5.11 Å². The van der Waals surface area contributed by atoms with E-state index in [1.165, 1.54) is 12.0 Å². The molecule has 1 aromatic carbocycles. The van der Waals surface area contributed by atoms with Gasteiger partial charge in [0.05, 0.1) is 0 Å². The zero-order valence-corrected chi connectivity index (χ0v) is 10.8. The molecule has 0 spiro atoms. The molecule has 16 heavy (non-hydrogen) atoms. The fourth-order valence-electron chi connectivity index (χ4n) is 1.52. The molecule has 0 aromatic heterocycles. The minimum absolute atomic E-state index is 0. The molecule has 1 nitrogen and oxygen atoms in total. The van der Waals surface area contributed by atoms with Crippen LogP contribution < -0.4 is 42.8 Å². The Morgan fingerprint density at radius 2 is 1.81 bits per heavy atom. The third-order valence-corrected chi connectivity index (χ3v) is 2.37. The van der Waals surface area contributed by atoms with Crippen LogP contribution in [0.2, 0.25) is 0 Å². The molecule has 0 radical (unpaired) electrons. The average Bonchev–Trinajstić information content (AvgIpc) is 2.25. The molecule has 0 unspecified atom stereocenters. The zero-order chi connectivity index (χ0) is 10.2. The zero-order valence-electron chi connectivity index (χ0n) is 10.8. The summed E-state index contributed by atoms with van der Waals surface area (Å²) >= 11 is 0. The number of unbranched alkanes of at least 4 members (excludes halogenated alkanes) is 1. The van der Waals surface area contributed by atoms with Crippen LogP contribution in [0, 0.1) is 12.3 Å². The van der Waals surface area contributed by atoms with Gasteiger partial charge in [-0.25, -0.2) is 0 Å². The van der Waals surface area contributed by atoms with E-state index < -0.39 is 0 Å². The molecular formula is C13H18Li2O. The van der Waals surface area contributed by atoms with Crippen LogP contribution in [0.25, 0.3) is 0 Å². The molecule has 0 N–H and O–H groups in total. The van der Waals surface area contributed by atoms with Gasteiger partial charge in [-0.3, -0.25) is 0 Å². The molecule has 0 aliphatic heterocycles. The predicted octanol–water partition coefficient (Wildman–Crippen LogP) is -3.59. The van der Waals surface area contributed by atoms with Gasteiger partial charge in [0.2, 0.25) is 0 Å². The molecule has 1 atom stereocenters. The normalized spacial score (nSPS) is 10.9. The number of rotatable bonds is 6. The molecule has 0 saturated heterocycles.